The molecule has 4 aromatic carbocycles. The third kappa shape index (κ3) is 4.97. The van der Waals surface area contributed by atoms with Gasteiger partial charge in [-0.1, -0.05) is 48.5 Å². The molecule has 36 heavy (non-hydrogen) atoms. The Morgan fingerprint density at radius 1 is 0.361 bits per heavy atom. The molecule has 0 saturated carbocycles. The molecule has 178 valence electrons. The molecule has 0 aliphatic carbocycles. The second-order valence-electron chi connectivity index (χ2n) is 7.95. The normalized spacial score (nSPS) is 10.6. The fourth-order valence-corrected chi connectivity index (χ4v) is 3.60. The van der Waals surface area contributed by atoms with Crippen molar-refractivity contribution < 1.29 is 39.6 Å². The second kappa shape index (κ2) is 9.55. The van der Waals surface area contributed by atoms with Crippen molar-refractivity contribution in [2.75, 3.05) is 0 Å². The predicted molar refractivity (Wildman–Crippen MR) is 129 cm³/mol. The summed E-state index contributed by atoms with van der Waals surface area (Å²) in [6, 6.07) is 18.7. The van der Waals surface area contributed by atoms with Crippen molar-refractivity contribution in [2.45, 2.75) is 0 Å². The minimum Gasteiger partial charge on any atom is -0.508 e. The van der Waals surface area contributed by atoms with E-state index in [1.165, 1.54) is 24.3 Å². The number of rotatable bonds is 7. The highest BCUT2D eigenvalue weighted by atomic mass is 16.3. The molecule has 0 saturated heterocycles. The Morgan fingerprint density at radius 3 is 0.889 bits per heavy atom. The first-order chi connectivity index (χ1) is 17.1. The van der Waals surface area contributed by atoms with Crippen LogP contribution < -0.4 is 0 Å². The zero-order valence-electron chi connectivity index (χ0n) is 18.5. The SMILES string of the molecule is O=C(C(=O)c1cc(O)cc(O)c1)c1ccc(-c2ccc(C(=O)C(=O)c3cc(O)cc(O)c3)cc2)cc1. The highest BCUT2D eigenvalue weighted by Crippen LogP contribution is 2.25. The van der Waals surface area contributed by atoms with Gasteiger partial charge in [0.1, 0.15) is 23.0 Å². The van der Waals surface area contributed by atoms with Gasteiger partial charge in [0, 0.05) is 34.4 Å². The predicted octanol–water partition coefficient (Wildman–Crippen LogP) is 4.31. The Kier molecular flexibility index (Phi) is 6.34. The van der Waals surface area contributed by atoms with Crippen LogP contribution in [0.2, 0.25) is 0 Å². The summed E-state index contributed by atoms with van der Waals surface area (Å²) in [7, 11) is 0. The molecule has 0 spiro atoms. The molecule has 0 atom stereocenters. The van der Waals surface area contributed by atoms with Crippen LogP contribution in [0.3, 0.4) is 0 Å². The van der Waals surface area contributed by atoms with Crippen molar-refractivity contribution in [2.24, 2.45) is 0 Å². The van der Waals surface area contributed by atoms with Crippen LogP contribution in [0.4, 0.5) is 0 Å². The summed E-state index contributed by atoms with van der Waals surface area (Å²) in [6.07, 6.45) is 0. The molecule has 4 aromatic rings. The summed E-state index contributed by atoms with van der Waals surface area (Å²) < 4.78 is 0. The molecule has 0 aliphatic rings. The zero-order valence-corrected chi connectivity index (χ0v) is 18.5. The van der Waals surface area contributed by atoms with Crippen molar-refractivity contribution in [1.82, 2.24) is 0 Å². The molecule has 8 nitrogen and oxygen atoms in total. The van der Waals surface area contributed by atoms with Crippen molar-refractivity contribution in [3.05, 3.63) is 107 Å². The van der Waals surface area contributed by atoms with E-state index >= 15 is 0 Å². The Morgan fingerprint density at radius 2 is 0.611 bits per heavy atom. The molecule has 0 bridgehead atoms. The molecule has 0 amide bonds. The number of hydrogen-bond acceptors (Lipinski definition) is 8. The van der Waals surface area contributed by atoms with E-state index in [0.29, 0.717) is 11.1 Å². The molecular formula is C28H18O8. The van der Waals surface area contributed by atoms with Crippen LogP contribution in [-0.2, 0) is 0 Å². The van der Waals surface area contributed by atoms with E-state index < -0.39 is 23.1 Å². The minimum atomic E-state index is -0.887. The lowest BCUT2D eigenvalue weighted by Crippen LogP contribution is -2.14. The highest BCUT2D eigenvalue weighted by molar-refractivity contribution is 6.49. The smallest absolute Gasteiger partial charge is 0.233 e. The molecule has 0 unspecified atom stereocenters. The maximum atomic E-state index is 12.5. The van der Waals surface area contributed by atoms with Crippen LogP contribution in [0.5, 0.6) is 23.0 Å². The quantitative estimate of drug-likeness (QED) is 0.225. The van der Waals surface area contributed by atoms with Gasteiger partial charge in [-0.15, -0.1) is 0 Å². The third-order valence-electron chi connectivity index (χ3n) is 5.37. The van der Waals surface area contributed by atoms with Gasteiger partial charge in [0.2, 0.25) is 23.1 Å². The number of carbonyl (C=O) groups is 4. The average molecular weight is 482 g/mol. The largest absolute Gasteiger partial charge is 0.508 e. The van der Waals surface area contributed by atoms with Crippen molar-refractivity contribution in [1.29, 1.82) is 0 Å². The summed E-state index contributed by atoms with van der Waals surface area (Å²) in [5, 5.41) is 38.2. The van der Waals surface area contributed by atoms with E-state index in [1.807, 2.05) is 0 Å². The zero-order chi connectivity index (χ0) is 26.0. The monoisotopic (exact) mass is 482 g/mol. The Balaban J connectivity index is 1.50. The molecule has 4 rings (SSSR count). The fourth-order valence-electron chi connectivity index (χ4n) is 3.60. The lowest BCUT2D eigenvalue weighted by molar-refractivity contribution is 0.0816. The topological polar surface area (TPSA) is 149 Å². The van der Waals surface area contributed by atoms with Crippen LogP contribution in [0.1, 0.15) is 41.4 Å². The van der Waals surface area contributed by atoms with E-state index in [2.05, 4.69) is 0 Å². The maximum absolute atomic E-state index is 12.5. The first kappa shape index (κ1) is 23.9. The summed E-state index contributed by atoms with van der Waals surface area (Å²) in [6.45, 7) is 0. The van der Waals surface area contributed by atoms with E-state index in [4.69, 9.17) is 0 Å². The van der Waals surface area contributed by atoms with Crippen molar-refractivity contribution in [3.63, 3.8) is 0 Å². The molecule has 0 aromatic heterocycles. The summed E-state index contributed by atoms with van der Waals surface area (Å²) in [5.41, 5.74) is 1.29. The maximum Gasteiger partial charge on any atom is 0.233 e. The number of carbonyl (C=O) groups excluding carboxylic acids is 4. The van der Waals surface area contributed by atoms with E-state index in [9.17, 15) is 39.6 Å². The molecule has 4 N–H and O–H groups in total. The Hall–Kier alpha value is -5.24. The average Bonchev–Trinajstić information content (AvgIpc) is 2.86. The van der Waals surface area contributed by atoms with Crippen molar-refractivity contribution in [3.8, 4) is 34.1 Å². The molecule has 0 fully saturated rings. The fraction of sp³-hybridized carbons (Fsp3) is 0. The van der Waals surface area contributed by atoms with Gasteiger partial charge >= 0.3 is 0 Å². The first-order valence-corrected chi connectivity index (χ1v) is 10.6. The minimum absolute atomic E-state index is 0.110. The van der Waals surface area contributed by atoms with Gasteiger partial charge in [-0.05, 0) is 35.4 Å². The molecule has 0 heterocycles. The highest BCUT2D eigenvalue weighted by Gasteiger charge is 2.21. The van der Waals surface area contributed by atoms with Crippen LogP contribution in [0.25, 0.3) is 11.1 Å². The lowest BCUT2D eigenvalue weighted by Gasteiger charge is -2.07. The van der Waals surface area contributed by atoms with Crippen LogP contribution in [-0.4, -0.2) is 43.6 Å². The molecule has 8 heteroatoms. The van der Waals surface area contributed by atoms with E-state index in [0.717, 1.165) is 36.4 Å². The Bertz CT molecular complexity index is 1360. The van der Waals surface area contributed by atoms with E-state index in [-0.39, 0.29) is 45.3 Å². The van der Waals surface area contributed by atoms with Crippen molar-refractivity contribution >= 4 is 23.1 Å². The second-order valence-corrected chi connectivity index (χ2v) is 7.95. The first-order valence-electron chi connectivity index (χ1n) is 10.6. The number of Topliss-reactive ketones (excluding diaryl/α,β-unsaturated/α-hetero) is 4. The summed E-state index contributed by atoms with van der Waals surface area (Å²) in [5.74, 6) is -4.78. The number of phenolic OH excluding ortho intramolecular Hbond substituents is 4. The third-order valence-corrected chi connectivity index (χ3v) is 5.37. The number of phenols is 4. The molecular weight excluding hydrogens is 464 g/mol. The van der Waals surface area contributed by atoms with Gasteiger partial charge in [0.25, 0.3) is 0 Å². The number of ketones is 4. The molecule has 0 radical (unpaired) electrons. The van der Waals surface area contributed by atoms with Crippen LogP contribution in [0.15, 0.2) is 84.9 Å². The van der Waals surface area contributed by atoms with Gasteiger partial charge < -0.3 is 20.4 Å². The van der Waals surface area contributed by atoms with Crippen LogP contribution >= 0.6 is 0 Å². The van der Waals surface area contributed by atoms with Gasteiger partial charge in [-0.25, -0.2) is 0 Å². The summed E-state index contributed by atoms with van der Waals surface area (Å²) >= 11 is 0. The number of hydrogen-bond donors (Lipinski definition) is 4. The van der Waals surface area contributed by atoms with E-state index in [1.54, 1.807) is 24.3 Å². The van der Waals surface area contributed by atoms with Crippen LogP contribution in [0, 0.1) is 0 Å². The number of benzene rings is 4. The lowest BCUT2D eigenvalue weighted by atomic mass is 9.96. The standard InChI is InChI=1S/C28H18O8/c29-21-9-19(10-22(30)13-21)27(35)25(33)17-5-1-15(2-6-17)16-3-7-18(8-4-16)26(34)28(36)20-11-23(31)14-24(32)12-20/h1-14,29-32H. The van der Waals surface area contributed by atoms with Gasteiger partial charge in [0.15, 0.2) is 0 Å². The Labute approximate surface area is 204 Å². The van der Waals surface area contributed by atoms with Gasteiger partial charge in [-0.3, -0.25) is 19.2 Å². The van der Waals surface area contributed by atoms with Gasteiger partial charge in [-0.2, -0.15) is 0 Å². The van der Waals surface area contributed by atoms with Gasteiger partial charge in [0.05, 0.1) is 0 Å². The summed E-state index contributed by atoms with van der Waals surface area (Å²) in [4.78, 5) is 50.0. The number of aromatic hydroxyl groups is 4. The molecule has 0 aliphatic heterocycles.